The van der Waals surface area contributed by atoms with Gasteiger partial charge in [0.2, 0.25) is 0 Å². The Labute approximate surface area is 115 Å². The minimum atomic E-state index is 0.312. The molecule has 1 aromatic heterocycles. The molecule has 0 unspecified atom stereocenters. The molecule has 0 bridgehead atoms. The van der Waals surface area contributed by atoms with E-state index in [0.717, 1.165) is 38.8 Å². The molecule has 0 atom stereocenters. The fourth-order valence-electron chi connectivity index (χ4n) is 1.71. The lowest BCUT2D eigenvalue weighted by molar-refractivity contribution is 0.283. The number of hydrogen-bond acceptors (Lipinski definition) is 5. The lowest BCUT2D eigenvalue weighted by Gasteiger charge is -1.97. The zero-order valence-corrected chi connectivity index (χ0v) is 11.9. The monoisotopic (exact) mass is 282 g/mol. The predicted octanol–water partition coefficient (Wildman–Crippen LogP) is 3.52. The number of rotatable bonds is 7. The van der Waals surface area contributed by atoms with E-state index in [1.165, 1.54) is 12.8 Å². The van der Waals surface area contributed by atoms with E-state index < -0.39 is 0 Å². The highest BCUT2D eigenvalue weighted by Crippen LogP contribution is 2.31. The van der Waals surface area contributed by atoms with Crippen molar-refractivity contribution in [2.45, 2.75) is 30.0 Å². The topological polar surface area (TPSA) is 59.1 Å². The van der Waals surface area contributed by atoms with E-state index in [9.17, 15) is 0 Å². The number of thiazole rings is 1. The summed E-state index contributed by atoms with van der Waals surface area (Å²) in [6.45, 7) is 0.312. The zero-order chi connectivity index (χ0) is 12.8. The first-order chi connectivity index (χ1) is 8.79. The van der Waals surface area contributed by atoms with Crippen molar-refractivity contribution in [3.63, 3.8) is 0 Å². The van der Waals surface area contributed by atoms with Crippen LogP contribution in [0.15, 0.2) is 22.5 Å². The van der Waals surface area contributed by atoms with Gasteiger partial charge in [-0.1, -0.05) is 24.6 Å². The van der Waals surface area contributed by atoms with Gasteiger partial charge in [0.1, 0.15) is 0 Å². The zero-order valence-electron chi connectivity index (χ0n) is 10.3. The number of aliphatic hydroxyl groups is 1. The number of nitrogen functional groups attached to an aromatic ring is 1. The lowest BCUT2D eigenvalue weighted by Crippen LogP contribution is -1.85. The maximum atomic E-state index is 8.68. The second-order valence-electron chi connectivity index (χ2n) is 4.19. The molecule has 1 heterocycles. The van der Waals surface area contributed by atoms with Crippen molar-refractivity contribution in [3.8, 4) is 0 Å². The second kappa shape index (κ2) is 6.97. The Balaban J connectivity index is 1.81. The molecule has 18 heavy (non-hydrogen) atoms. The molecule has 0 saturated heterocycles. The first-order valence-corrected chi connectivity index (χ1v) is 7.99. The molecular formula is C13H18N2OS2. The first-order valence-electron chi connectivity index (χ1n) is 6.19. The normalized spacial score (nSPS) is 11.2. The van der Waals surface area contributed by atoms with Gasteiger partial charge in [-0.05, 0) is 31.0 Å². The minimum Gasteiger partial charge on any atom is -0.399 e. The summed E-state index contributed by atoms with van der Waals surface area (Å²) < 4.78 is 2.29. The Morgan fingerprint density at radius 3 is 2.89 bits per heavy atom. The molecule has 0 aliphatic carbocycles. The summed E-state index contributed by atoms with van der Waals surface area (Å²) in [6, 6.07) is 5.86. The smallest absolute Gasteiger partial charge is 0.151 e. The molecule has 3 nitrogen and oxygen atoms in total. The van der Waals surface area contributed by atoms with Crippen LogP contribution in [0.1, 0.15) is 25.7 Å². The molecule has 3 N–H and O–H groups in total. The van der Waals surface area contributed by atoms with Gasteiger partial charge in [-0.3, -0.25) is 0 Å². The van der Waals surface area contributed by atoms with Crippen LogP contribution in [-0.2, 0) is 0 Å². The Morgan fingerprint density at radius 2 is 2.06 bits per heavy atom. The fraction of sp³-hybridized carbons (Fsp3) is 0.462. The van der Waals surface area contributed by atoms with Crippen LogP contribution in [0, 0.1) is 0 Å². The third kappa shape index (κ3) is 3.86. The van der Waals surface area contributed by atoms with Crippen LogP contribution in [0.25, 0.3) is 10.2 Å². The van der Waals surface area contributed by atoms with Crippen molar-refractivity contribution in [1.82, 2.24) is 4.98 Å². The quantitative estimate of drug-likeness (QED) is 0.463. The van der Waals surface area contributed by atoms with E-state index in [0.29, 0.717) is 6.61 Å². The van der Waals surface area contributed by atoms with Gasteiger partial charge in [0.25, 0.3) is 0 Å². The number of anilines is 1. The number of aliphatic hydroxyl groups excluding tert-OH is 1. The summed E-state index contributed by atoms with van der Waals surface area (Å²) in [5.41, 5.74) is 7.59. The maximum absolute atomic E-state index is 8.68. The van der Waals surface area contributed by atoms with Crippen molar-refractivity contribution in [2.75, 3.05) is 18.1 Å². The summed E-state index contributed by atoms with van der Waals surface area (Å²) in [4.78, 5) is 4.57. The minimum absolute atomic E-state index is 0.312. The highest BCUT2D eigenvalue weighted by Gasteiger charge is 2.04. The molecule has 2 rings (SSSR count). The Bertz CT molecular complexity index is 499. The number of unbranched alkanes of at least 4 members (excludes halogenated alkanes) is 3. The summed E-state index contributed by atoms with van der Waals surface area (Å²) in [5.74, 6) is 1.10. The van der Waals surface area contributed by atoms with Gasteiger partial charge < -0.3 is 10.8 Å². The molecule has 0 aliphatic heterocycles. The van der Waals surface area contributed by atoms with Crippen LogP contribution in [0.2, 0.25) is 0 Å². The highest BCUT2D eigenvalue weighted by molar-refractivity contribution is 8.01. The molecule has 0 amide bonds. The number of benzene rings is 1. The molecule has 2 aromatic rings. The Morgan fingerprint density at radius 1 is 1.22 bits per heavy atom. The molecular weight excluding hydrogens is 264 g/mol. The van der Waals surface area contributed by atoms with Crippen LogP contribution in [-0.4, -0.2) is 22.5 Å². The lowest BCUT2D eigenvalue weighted by atomic mass is 10.2. The van der Waals surface area contributed by atoms with E-state index in [2.05, 4.69) is 4.98 Å². The van der Waals surface area contributed by atoms with Crippen molar-refractivity contribution < 1.29 is 5.11 Å². The van der Waals surface area contributed by atoms with E-state index >= 15 is 0 Å². The molecule has 0 fully saturated rings. The molecule has 0 radical (unpaired) electrons. The Hall–Kier alpha value is -0.780. The van der Waals surface area contributed by atoms with Crippen LogP contribution < -0.4 is 5.73 Å². The van der Waals surface area contributed by atoms with Crippen LogP contribution in [0.4, 0.5) is 5.69 Å². The van der Waals surface area contributed by atoms with Crippen molar-refractivity contribution in [3.05, 3.63) is 18.2 Å². The molecule has 98 valence electrons. The number of aromatic nitrogens is 1. The molecule has 0 aliphatic rings. The maximum Gasteiger partial charge on any atom is 0.151 e. The third-order valence-corrected chi connectivity index (χ3v) is 4.92. The van der Waals surface area contributed by atoms with Crippen molar-refractivity contribution >= 4 is 39.0 Å². The van der Waals surface area contributed by atoms with Crippen molar-refractivity contribution in [2.24, 2.45) is 0 Å². The highest BCUT2D eigenvalue weighted by atomic mass is 32.2. The summed E-state index contributed by atoms with van der Waals surface area (Å²) in [6.07, 6.45) is 4.41. The van der Waals surface area contributed by atoms with Gasteiger partial charge >= 0.3 is 0 Å². The number of fused-ring (bicyclic) bond motifs is 1. The van der Waals surface area contributed by atoms with Gasteiger partial charge in [0.15, 0.2) is 4.34 Å². The van der Waals surface area contributed by atoms with E-state index in [4.69, 9.17) is 10.8 Å². The third-order valence-electron chi connectivity index (χ3n) is 2.67. The van der Waals surface area contributed by atoms with Gasteiger partial charge in [-0.15, -0.1) is 11.3 Å². The fourth-order valence-corrected chi connectivity index (χ4v) is 3.90. The van der Waals surface area contributed by atoms with E-state index in [1.54, 1.807) is 11.3 Å². The Kier molecular flexibility index (Phi) is 5.28. The molecule has 0 saturated carbocycles. The van der Waals surface area contributed by atoms with E-state index in [1.807, 2.05) is 30.0 Å². The van der Waals surface area contributed by atoms with Gasteiger partial charge in [0, 0.05) is 18.0 Å². The van der Waals surface area contributed by atoms with Gasteiger partial charge in [-0.25, -0.2) is 4.98 Å². The summed E-state index contributed by atoms with van der Waals surface area (Å²) >= 11 is 3.53. The predicted molar refractivity (Wildman–Crippen MR) is 80.3 cm³/mol. The average Bonchev–Trinajstić information content (AvgIpc) is 2.75. The van der Waals surface area contributed by atoms with Gasteiger partial charge in [-0.2, -0.15) is 0 Å². The van der Waals surface area contributed by atoms with E-state index in [-0.39, 0.29) is 0 Å². The summed E-state index contributed by atoms with van der Waals surface area (Å²) in [7, 11) is 0. The molecule has 0 spiro atoms. The summed E-state index contributed by atoms with van der Waals surface area (Å²) in [5, 5.41) is 8.68. The molecule has 1 aromatic carbocycles. The number of hydrogen-bond donors (Lipinski definition) is 2. The van der Waals surface area contributed by atoms with Crippen molar-refractivity contribution in [1.29, 1.82) is 0 Å². The standard InChI is InChI=1S/C13H18N2OS2/c14-10-5-6-11-12(9-10)18-13(15-11)17-8-4-2-1-3-7-16/h5-6,9,16H,1-4,7-8,14H2. The second-order valence-corrected chi connectivity index (χ2v) is 6.57. The first kappa shape index (κ1) is 13.6. The average molecular weight is 282 g/mol. The van der Waals surface area contributed by atoms with Gasteiger partial charge in [0.05, 0.1) is 10.2 Å². The largest absolute Gasteiger partial charge is 0.399 e. The van der Waals surface area contributed by atoms with Crippen LogP contribution in [0.3, 0.4) is 0 Å². The van der Waals surface area contributed by atoms with Crippen LogP contribution >= 0.6 is 23.1 Å². The number of thioether (sulfide) groups is 1. The SMILES string of the molecule is Nc1ccc2nc(SCCCCCCO)sc2c1. The molecule has 5 heteroatoms. The number of nitrogens with two attached hydrogens (primary N) is 1. The number of nitrogens with zero attached hydrogens (tertiary/aromatic N) is 1. The van der Waals surface area contributed by atoms with Crippen LogP contribution in [0.5, 0.6) is 0 Å².